The summed E-state index contributed by atoms with van der Waals surface area (Å²) >= 11 is 0. The van der Waals surface area contributed by atoms with Crippen molar-refractivity contribution in [2.45, 2.75) is 38.6 Å². The Morgan fingerprint density at radius 2 is 2.29 bits per heavy atom. The summed E-state index contributed by atoms with van der Waals surface area (Å²) in [5, 5.41) is 3.27. The van der Waals surface area contributed by atoms with Crippen molar-refractivity contribution in [3.63, 3.8) is 0 Å². The van der Waals surface area contributed by atoms with Crippen LogP contribution in [0.1, 0.15) is 32.6 Å². The van der Waals surface area contributed by atoms with Gasteiger partial charge in [0.05, 0.1) is 18.6 Å². The van der Waals surface area contributed by atoms with Crippen LogP contribution in [0, 0.1) is 5.92 Å². The standard InChI is InChI=1S/C13H24N2O2/c1-2-17-10-12-5-3-4-8-15(12)13(16)11-6-7-14-9-11/h11-12,14H,2-10H2,1H3/t11-,12-/m1/s1. The first kappa shape index (κ1) is 12.8. The first-order valence-corrected chi connectivity index (χ1v) is 6.92. The van der Waals surface area contributed by atoms with Gasteiger partial charge in [0, 0.05) is 19.7 Å². The van der Waals surface area contributed by atoms with Crippen LogP contribution in [0.2, 0.25) is 0 Å². The Hall–Kier alpha value is -0.610. The zero-order valence-electron chi connectivity index (χ0n) is 10.8. The molecule has 4 heteroatoms. The highest BCUT2D eigenvalue weighted by molar-refractivity contribution is 5.79. The van der Waals surface area contributed by atoms with Crippen molar-refractivity contribution in [3.8, 4) is 0 Å². The second-order valence-corrected chi connectivity index (χ2v) is 5.03. The molecule has 2 aliphatic rings. The van der Waals surface area contributed by atoms with Gasteiger partial charge in [0.2, 0.25) is 5.91 Å². The molecule has 2 fully saturated rings. The van der Waals surface area contributed by atoms with Crippen molar-refractivity contribution in [2.24, 2.45) is 5.92 Å². The Balaban J connectivity index is 1.92. The first-order chi connectivity index (χ1) is 8.33. The van der Waals surface area contributed by atoms with E-state index in [1.165, 1.54) is 6.42 Å². The van der Waals surface area contributed by atoms with E-state index in [2.05, 4.69) is 10.2 Å². The van der Waals surface area contributed by atoms with E-state index in [0.717, 1.165) is 45.5 Å². The summed E-state index contributed by atoms with van der Waals surface area (Å²) in [5.41, 5.74) is 0. The maximum absolute atomic E-state index is 12.4. The zero-order chi connectivity index (χ0) is 12.1. The molecule has 0 aliphatic carbocycles. The predicted molar refractivity (Wildman–Crippen MR) is 66.8 cm³/mol. The van der Waals surface area contributed by atoms with Gasteiger partial charge in [-0.05, 0) is 39.2 Å². The smallest absolute Gasteiger partial charge is 0.227 e. The van der Waals surface area contributed by atoms with Crippen molar-refractivity contribution in [1.29, 1.82) is 0 Å². The molecule has 2 atom stereocenters. The highest BCUT2D eigenvalue weighted by atomic mass is 16.5. The minimum atomic E-state index is 0.206. The van der Waals surface area contributed by atoms with Crippen molar-refractivity contribution < 1.29 is 9.53 Å². The summed E-state index contributed by atoms with van der Waals surface area (Å²) in [6, 6.07) is 0.316. The van der Waals surface area contributed by atoms with Crippen LogP contribution in [0.5, 0.6) is 0 Å². The number of carbonyl (C=O) groups is 1. The molecule has 0 aromatic carbocycles. The van der Waals surface area contributed by atoms with Gasteiger partial charge in [-0.1, -0.05) is 0 Å². The molecule has 2 rings (SSSR count). The molecular weight excluding hydrogens is 216 g/mol. The maximum Gasteiger partial charge on any atom is 0.227 e. The monoisotopic (exact) mass is 240 g/mol. The van der Waals surface area contributed by atoms with Crippen molar-refractivity contribution in [1.82, 2.24) is 10.2 Å². The fraction of sp³-hybridized carbons (Fsp3) is 0.923. The molecule has 0 saturated carbocycles. The lowest BCUT2D eigenvalue weighted by Gasteiger charge is -2.37. The second kappa shape index (κ2) is 6.36. The molecule has 0 aromatic rings. The second-order valence-electron chi connectivity index (χ2n) is 5.03. The number of piperidine rings is 1. The molecule has 17 heavy (non-hydrogen) atoms. The number of rotatable bonds is 4. The van der Waals surface area contributed by atoms with Gasteiger partial charge in [0.15, 0.2) is 0 Å². The highest BCUT2D eigenvalue weighted by Gasteiger charge is 2.32. The number of hydrogen-bond acceptors (Lipinski definition) is 3. The fourth-order valence-corrected chi connectivity index (χ4v) is 2.82. The van der Waals surface area contributed by atoms with Gasteiger partial charge in [-0.15, -0.1) is 0 Å². The number of nitrogens with zero attached hydrogens (tertiary/aromatic N) is 1. The maximum atomic E-state index is 12.4. The van der Waals surface area contributed by atoms with Crippen LogP contribution in [0.3, 0.4) is 0 Å². The summed E-state index contributed by atoms with van der Waals surface area (Å²) in [6.45, 7) is 6.23. The van der Waals surface area contributed by atoms with Gasteiger partial charge in [-0.25, -0.2) is 0 Å². The minimum absolute atomic E-state index is 0.206. The van der Waals surface area contributed by atoms with Crippen LogP contribution < -0.4 is 5.32 Å². The summed E-state index contributed by atoms with van der Waals surface area (Å²) in [6.07, 6.45) is 4.47. The van der Waals surface area contributed by atoms with Crippen LogP contribution >= 0.6 is 0 Å². The van der Waals surface area contributed by atoms with Crippen molar-refractivity contribution >= 4 is 5.91 Å². The largest absolute Gasteiger partial charge is 0.380 e. The van der Waals surface area contributed by atoms with Crippen LogP contribution in [0.4, 0.5) is 0 Å². The number of amides is 1. The molecule has 0 unspecified atom stereocenters. The molecular formula is C13H24N2O2. The Kier molecular flexibility index (Phi) is 4.80. The van der Waals surface area contributed by atoms with E-state index in [1.807, 2.05) is 6.92 Å². The molecule has 2 aliphatic heterocycles. The minimum Gasteiger partial charge on any atom is -0.380 e. The lowest BCUT2D eigenvalue weighted by Crippen LogP contribution is -2.48. The average Bonchev–Trinajstić information content (AvgIpc) is 2.89. The summed E-state index contributed by atoms with van der Waals surface area (Å²) in [7, 11) is 0. The third kappa shape index (κ3) is 3.19. The van der Waals surface area contributed by atoms with Gasteiger partial charge in [0.1, 0.15) is 0 Å². The molecule has 0 radical (unpaired) electrons. The summed E-state index contributed by atoms with van der Waals surface area (Å²) in [5.74, 6) is 0.552. The number of ether oxygens (including phenoxy) is 1. The molecule has 4 nitrogen and oxygen atoms in total. The van der Waals surface area contributed by atoms with Crippen LogP contribution in [-0.2, 0) is 9.53 Å². The van der Waals surface area contributed by atoms with E-state index in [9.17, 15) is 4.79 Å². The lowest BCUT2D eigenvalue weighted by atomic mass is 9.99. The molecule has 1 N–H and O–H groups in total. The van der Waals surface area contributed by atoms with Crippen LogP contribution in [-0.4, -0.2) is 49.7 Å². The van der Waals surface area contributed by atoms with E-state index in [4.69, 9.17) is 4.74 Å². The van der Waals surface area contributed by atoms with E-state index in [0.29, 0.717) is 18.6 Å². The molecule has 2 heterocycles. The lowest BCUT2D eigenvalue weighted by molar-refractivity contribution is -0.140. The molecule has 0 bridgehead atoms. The highest BCUT2D eigenvalue weighted by Crippen LogP contribution is 2.21. The summed E-state index contributed by atoms with van der Waals surface area (Å²) in [4.78, 5) is 14.5. The average molecular weight is 240 g/mol. The Labute approximate surface area is 104 Å². The predicted octanol–water partition coefficient (Wildman–Crippen LogP) is 1.01. The third-order valence-corrected chi connectivity index (χ3v) is 3.83. The van der Waals surface area contributed by atoms with Gasteiger partial charge < -0.3 is 15.0 Å². The quantitative estimate of drug-likeness (QED) is 0.797. The number of likely N-dealkylation sites (tertiary alicyclic amines) is 1. The number of carbonyl (C=O) groups excluding carboxylic acids is 1. The third-order valence-electron chi connectivity index (χ3n) is 3.83. The van der Waals surface area contributed by atoms with Crippen LogP contribution in [0.25, 0.3) is 0 Å². The first-order valence-electron chi connectivity index (χ1n) is 6.92. The van der Waals surface area contributed by atoms with E-state index in [-0.39, 0.29) is 5.92 Å². The molecule has 98 valence electrons. The van der Waals surface area contributed by atoms with E-state index < -0.39 is 0 Å². The van der Waals surface area contributed by atoms with Crippen molar-refractivity contribution in [3.05, 3.63) is 0 Å². The van der Waals surface area contributed by atoms with E-state index >= 15 is 0 Å². The summed E-state index contributed by atoms with van der Waals surface area (Å²) < 4.78 is 5.51. The van der Waals surface area contributed by atoms with E-state index in [1.54, 1.807) is 0 Å². The number of hydrogen-bond donors (Lipinski definition) is 1. The van der Waals surface area contributed by atoms with Gasteiger partial charge >= 0.3 is 0 Å². The van der Waals surface area contributed by atoms with Gasteiger partial charge in [0.25, 0.3) is 0 Å². The fourth-order valence-electron chi connectivity index (χ4n) is 2.82. The Bertz CT molecular complexity index is 252. The SMILES string of the molecule is CCOC[C@H]1CCCCN1C(=O)[C@@H]1CCNC1. The molecule has 1 amide bonds. The van der Waals surface area contributed by atoms with Gasteiger partial charge in [-0.3, -0.25) is 4.79 Å². The molecule has 0 aromatic heterocycles. The molecule has 2 saturated heterocycles. The Morgan fingerprint density at radius 1 is 1.41 bits per heavy atom. The number of nitrogens with one attached hydrogen (secondary N) is 1. The normalized spacial score (nSPS) is 29.6. The zero-order valence-corrected chi connectivity index (χ0v) is 10.8. The molecule has 0 spiro atoms. The van der Waals surface area contributed by atoms with Crippen LogP contribution in [0.15, 0.2) is 0 Å². The van der Waals surface area contributed by atoms with Gasteiger partial charge in [-0.2, -0.15) is 0 Å². The van der Waals surface area contributed by atoms with Crippen molar-refractivity contribution in [2.75, 3.05) is 32.8 Å². The topological polar surface area (TPSA) is 41.6 Å². The Morgan fingerprint density at radius 3 is 3.00 bits per heavy atom.